The zero-order chi connectivity index (χ0) is 21.2. The average molecular weight is 438 g/mol. The standard InChI is InChI=1S/C19H20ClN3O5S/c1-13-8-10-22(11-9-13)29(27,28)14-6-7-16(20)15(12-14)19(24)21-17-4-2-3-5-18(17)23(25)26/h2-7,12-13H,8-11H2,1H3,(H,21,24). The Balaban J connectivity index is 1.89. The van der Waals surface area contributed by atoms with Gasteiger partial charge in [0.15, 0.2) is 0 Å². The Labute approximate surface area is 173 Å². The van der Waals surface area contributed by atoms with Crippen molar-refractivity contribution < 1.29 is 18.1 Å². The molecule has 0 spiro atoms. The summed E-state index contributed by atoms with van der Waals surface area (Å²) in [5.41, 5.74) is -0.351. The van der Waals surface area contributed by atoms with Crippen molar-refractivity contribution in [1.82, 2.24) is 4.31 Å². The van der Waals surface area contributed by atoms with E-state index in [1.807, 2.05) is 0 Å². The molecule has 1 fully saturated rings. The van der Waals surface area contributed by atoms with Crippen LogP contribution in [0.1, 0.15) is 30.1 Å². The Morgan fingerprint density at radius 2 is 1.86 bits per heavy atom. The van der Waals surface area contributed by atoms with Crippen LogP contribution in [0, 0.1) is 16.0 Å². The van der Waals surface area contributed by atoms with Crippen molar-refractivity contribution in [3.8, 4) is 0 Å². The SMILES string of the molecule is CC1CCN(S(=O)(=O)c2ccc(Cl)c(C(=O)Nc3ccccc3[N+](=O)[O-])c2)CC1. The van der Waals surface area contributed by atoms with Crippen LogP contribution in [0.4, 0.5) is 11.4 Å². The number of nitro groups is 1. The van der Waals surface area contributed by atoms with Crippen molar-refractivity contribution >= 4 is 38.9 Å². The summed E-state index contributed by atoms with van der Waals surface area (Å²) in [5, 5.41) is 13.6. The summed E-state index contributed by atoms with van der Waals surface area (Å²) in [6.07, 6.45) is 1.55. The first-order valence-electron chi connectivity index (χ1n) is 9.04. The predicted octanol–water partition coefficient (Wildman–Crippen LogP) is 3.92. The number of nitrogens with one attached hydrogen (secondary N) is 1. The Kier molecular flexibility index (Phi) is 6.21. The van der Waals surface area contributed by atoms with Crippen LogP contribution in [0.2, 0.25) is 5.02 Å². The summed E-state index contributed by atoms with van der Waals surface area (Å²) in [6, 6.07) is 9.58. The number of hydrogen-bond acceptors (Lipinski definition) is 5. The van der Waals surface area contributed by atoms with E-state index in [1.165, 1.54) is 40.7 Å². The minimum Gasteiger partial charge on any atom is -0.316 e. The van der Waals surface area contributed by atoms with E-state index < -0.39 is 20.9 Å². The van der Waals surface area contributed by atoms with Gasteiger partial charge in [-0.05, 0) is 43.0 Å². The number of rotatable bonds is 5. The van der Waals surface area contributed by atoms with Crippen LogP contribution in [-0.2, 0) is 10.0 Å². The lowest BCUT2D eigenvalue weighted by atomic mass is 10.0. The monoisotopic (exact) mass is 437 g/mol. The quantitative estimate of drug-likeness (QED) is 0.563. The summed E-state index contributed by atoms with van der Waals surface area (Å²) in [6.45, 7) is 2.92. The van der Waals surface area contributed by atoms with Crippen molar-refractivity contribution in [1.29, 1.82) is 0 Å². The summed E-state index contributed by atoms with van der Waals surface area (Å²) >= 11 is 6.11. The predicted molar refractivity (Wildman–Crippen MR) is 110 cm³/mol. The second-order valence-corrected chi connectivity index (χ2v) is 9.30. The van der Waals surface area contributed by atoms with Gasteiger partial charge in [-0.3, -0.25) is 14.9 Å². The van der Waals surface area contributed by atoms with Gasteiger partial charge in [0, 0.05) is 19.2 Å². The number of anilines is 1. The van der Waals surface area contributed by atoms with Gasteiger partial charge in [0.25, 0.3) is 11.6 Å². The molecule has 1 aliphatic rings. The summed E-state index contributed by atoms with van der Waals surface area (Å²) < 4.78 is 27.3. The Hall–Kier alpha value is -2.49. The molecule has 1 aliphatic heterocycles. The van der Waals surface area contributed by atoms with Crippen molar-refractivity contribution in [3.05, 3.63) is 63.2 Å². The van der Waals surface area contributed by atoms with Gasteiger partial charge in [-0.15, -0.1) is 0 Å². The van der Waals surface area contributed by atoms with Gasteiger partial charge >= 0.3 is 0 Å². The first kappa shape index (κ1) is 21.2. The van der Waals surface area contributed by atoms with Crippen LogP contribution in [0.15, 0.2) is 47.4 Å². The zero-order valence-electron chi connectivity index (χ0n) is 15.7. The molecule has 1 amide bonds. The van der Waals surface area contributed by atoms with E-state index in [0.29, 0.717) is 19.0 Å². The van der Waals surface area contributed by atoms with E-state index in [2.05, 4.69) is 12.2 Å². The van der Waals surface area contributed by atoms with Crippen LogP contribution in [0.3, 0.4) is 0 Å². The van der Waals surface area contributed by atoms with Crippen LogP contribution in [-0.4, -0.2) is 36.6 Å². The lowest BCUT2D eigenvalue weighted by Crippen LogP contribution is -2.37. The molecule has 0 bridgehead atoms. The molecule has 1 N–H and O–H groups in total. The molecule has 0 saturated carbocycles. The molecule has 0 atom stereocenters. The number of piperidine rings is 1. The fourth-order valence-corrected chi connectivity index (χ4v) is 4.84. The zero-order valence-corrected chi connectivity index (χ0v) is 17.2. The highest BCUT2D eigenvalue weighted by Crippen LogP contribution is 2.28. The molecule has 2 aromatic carbocycles. The summed E-state index contributed by atoms with van der Waals surface area (Å²) in [4.78, 5) is 23.2. The molecule has 1 heterocycles. The van der Waals surface area contributed by atoms with Gasteiger partial charge in [-0.25, -0.2) is 8.42 Å². The lowest BCUT2D eigenvalue weighted by molar-refractivity contribution is -0.383. The van der Waals surface area contributed by atoms with E-state index in [1.54, 1.807) is 6.07 Å². The third kappa shape index (κ3) is 4.58. The molecule has 0 unspecified atom stereocenters. The molecule has 0 radical (unpaired) electrons. The maximum absolute atomic E-state index is 12.9. The van der Waals surface area contributed by atoms with Gasteiger partial charge in [-0.2, -0.15) is 4.31 Å². The number of carbonyl (C=O) groups is 1. The van der Waals surface area contributed by atoms with Crippen molar-refractivity contribution in [2.75, 3.05) is 18.4 Å². The topological polar surface area (TPSA) is 110 Å². The van der Waals surface area contributed by atoms with Crippen LogP contribution in [0.5, 0.6) is 0 Å². The van der Waals surface area contributed by atoms with E-state index >= 15 is 0 Å². The van der Waals surface area contributed by atoms with E-state index in [9.17, 15) is 23.3 Å². The molecule has 8 nitrogen and oxygen atoms in total. The minimum atomic E-state index is -3.77. The second kappa shape index (κ2) is 8.48. The van der Waals surface area contributed by atoms with Crippen molar-refractivity contribution in [3.63, 3.8) is 0 Å². The Morgan fingerprint density at radius 3 is 2.52 bits per heavy atom. The number of carbonyl (C=O) groups excluding carboxylic acids is 1. The molecule has 154 valence electrons. The highest BCUT2D eigenvalue weighted by Gasteiger charge is 2.29. The normalized spacial score (nSPS) is 15.8. The van der Waals surface area contributed by atoms with Gasteiger partial charge in [0.2, 0.25) is 10.0 Å². The fraction of sp³-hybridized carbons (Fsp3) is 0.316. The molecule has 2 aromatic rings. The molecular weight excluding hydrogens is 418 g/mol. The van der Waals surface area contributed by atoms with Crippen LogP contribution >= 0.6 is 11.6 Å². The number of halogens is 1. The highest BCUT2D eigenvalue weighted by molar-refractivity contribution is 7.89. The first-order valence-corrected chi connectivity index (χ1v) is 10.9. The Bertz CT molecular complexity index is 1050. The molecule has 1 saturated heterocycles. The van der Waals surface area contributed by atoms with Gasteiger partial charge in [0.05, 0.1) is 20.4 Å². The lowest BCUT2D eigenvalue weighted by Gasteiger charge is -2.29. The van der Waals surface area contributed by atoms with Gasteiger partial charge < -0.3 is 5.32 Å². The van der Waals surface area contributed by atoms with Crippen molar-refractivity contribution in [2.24, 2.45) is 5.92 Å². The van der Waals surface area contributed by atoms with E-state index in [0.717, 1.165) is 12.8 Å². The maximum Gasteiger partial charge on any atom is 0.292 e. The minimum absolute atomic E-state index is 0.00292. The van der Waals surface area contributed by atoms with E-state index in [4.69, 9.17) is 11.6 Å². The molecule has 0 aliphatic carbocycles. The molecule has 29 heavy (non-hydrogen) atoms. The average Bonchev–Trinajstić information content (AvgIpc) is 2.68. The largest absolute Gasteiger partial charge is 0.316 e. The number of nitro benzene ring substituents is 1. The number of amides is 1. The fourth-order valence-electron chi connectivity index (χ4n) is 3.14. The Morgan fingerprint density at radius 1 is 1.21 bits per heavy atom. The number of hydrogen-bond donors (Lipinski definition) is 1. The molecule has 3 rings (SSSR count). The molecule has 10 heteroatoms. The highest BCUT2D eigenvalue weighted by atomic mass is 35.5. The second-order valence-electron chi connectivity index (χ2n) is 6.96. The van der Waals surface area contributed by atoms with Gasteiger partial charge in [0.1, 0.15) is 5.69 Å². The third-order valence-electron chi connectivity index (χ3n) is 4.91. The van der Waals surface area contributed by atoms with Crippen molar-refractivity contribution in [2.45, 2.75) is 24.7 Å². The number of para-hydroxylation sites is 2. The summed E-state index contributed by atoms with van der Waals surface area (Å²) in [7, 11) is -3.77. The molecular formula is C19H20ClN3O5S. The number of nitrogens with zero attached hydrogens (tertiary/aromatic N) is 2. The van der Waals surface area contributed by atoms with Crippen LogP contribution in [0.25, 0.3) is 0 Å². The number of benzene rings is 2. The summed E-state index contributed by atoms with van der Waals surface area (Å²) in [5.74, 6) is -0.261. The first-order chi connectivity index (χ1) is 13.7. The maximum atomic E-state index is 12.9. The van der Waals surface area contributed by atoms with E-state index in [-0.39, 0.29) is 26.9 Å². The smallest absolute Gasteiger partial charge is 0.292 e. The molecule has 0 aromatic heterocycles. The number of sulfonamides is 1. The van der Waals surface area contributed by atoms with Crippen LogP contribution < -0.4 is 5.32 Å². The van der Waals surface area contributed by atoms with Gasteiger partial charge in [-0.1, -0.05) is 30.7 Å². The third-order valence-corrected chi connectivity index (χ3v) is 7.14.